The Labute approximate surface area is 120 Å². The predicted octanol–water partition coefficient (Wildman–Crippen LogP) is 4.10. The summed E-state index contributed by atoms with van der Waals surface area (Å²) >= 11 is 0. The second-order valence-corrected chi connectivity index (χ2v) is 5.15. The summed E-state index contributed by atoms with van der Waals surface area (Å²) in [6, 6.07) is 13.4. The van der Waals surface area contributed by atoms with Gasteiger partial charge in [0.05, 0.1) is 11.8 Å². The van der Waals surface area contributed by atoms with Gasteiger partial charge in [0.15, 0.2) is 0 Å². The zero-order valence-corrected chi connectivity index (χ0v) is 12.2. The van der Waals surface area contributed by atoms with Gasteiger partial charge < -0.3 is 15.2 Å². The minimum absolute atomic E-state index is 0.130. The quantitative estimate of drug-likeness (QED) is 0.860. The maximum absolute atomic E-state index is 9.86. The van der Waals surface area contributed by atoms with Gasteiger partial charge in [-0.25, -0.2) is 0 Å². The van der Waals surface area contributed by atoms with Crippen LogP contribution in [0.1, 0.15) is 25.0 Å². The van der Waals surface area contributed by atoms with E-state index in [1.807, 2.05) is 57.2 Å². The number of hydrogen-bond donors (Lipinski definition) is 2. The molecular formula is C17H21NO2. The number of rotatable bonds is 5. The van der Waals surface area contributed by atoms with Crippen LogP contribution in [0.3, 0.4) is 0 Å². The molecule has 0 aromatic heterocycles. The molecular weight excluding hydrogens is 250 g/mol. The van der Waals surface area contributed by atoms with Gasteiger partial charge >= 0.3 is 0 Å². The Morgan fingerprint density at radius 1 is 1.15 bits per heavy atom. The molecule has 0 aliphatic rings. The molecule has 0 radical (unpaired) electrons. The average molecular weight is 271 g/mol. The van der Waals surface area contributed by atoms with E-state index in [0.717, 1.165) is 22.6 Å². The van der Waals surface area contributed by atoms with Crippen LogP contribution < -0.4 is 10.1 Å². The minimum Gasteiger partial charge on any atom is -0.508 e. The normalized spacial score (nSPS) is 10.6. The van der Waals surface area contributed by atoms with Gasteiger partial charge in [-0.05, 0) is 39.0 Å². The van der Waals surface area contributed by atoms with E-state index < -0.39 is 0 Å². The van der Waals surface area contributed by atoms with Crippen LogP contribution in [0, 0.1) is 6.92 Å². The fourth-order valence-electron chi connectivity index (χ4n) is 2.02. The number of anilines is 1. The summed E-state index contributed by atoms with van der Waals surface area (Å²) in [6.07, 6.45) is 0.130. The smallest absolute Gasteiger partial charge is 0.142 e. The minimum atomic E-state index is 0.130. The molecule has 2 rings (SSSR count). The number of nitrogens with one attached hydrogen (secondary N) is 1. The standard InChI is InChI=1S/C17H21NO2/c1-12(2)20-17-7-5-4-6-15(17)18-11-14-10-13(3)8-9-16(14)19/h4-10,12,18-19H,11H2,1-3H3. The van der Waals surface area contributed by atoms with Gasteiger partial charge in [-0.3, -0.25) is 0 Å². The Hall–Kier alpha value is -2.16. The first-order valence-corrected chi connectivity index (χ1v) is 6.84. The van der Waals surface area contributed by atoms with Crippen molar-refractivity contribution in [1.82, 2.24) is 0 Å². The second-order valence-electron chi connectivity index (χ2n) is 5.15. The fraction of sp³-hybridized carbons (Fsp3) is 0.294. The maximum atomic E-state index is 9.86. The van der Waals surface area contributed by atoms with Crippen LogP contribution in [0.2, 0.25) is 0 Å². The molecule has 0 aliphatic heterocycles. The number of ether oxygens (including phenoxy) is 1. The summed E-state index contributed by atoms with van der Waals surface area (Å²) in [5.74, 6) is 1.14. The van der Waals surface area contributed by atoms with Crippen LogP contribution in [0.5, 0.6) is 11.5 Å². The first kappa shape index (κ1) is 14.3. The Morgan fingerprint density at radius 2 is 1.90 bits per heavy atom. The zero-order valence-electron chi connectivity index (χ0n) is 12.2. The summed E-state index contributed by atoms with van der Waals surface area (Å²) in [5.41, 5.74) is 2.94. The van der Waals surface area contributed by atoms with E-state index in [1.165, 1.54) is 0 Å². The Morgan fingerprint density at radius 3 is 2.65 bits per heavy atom. The van der Waals surface area contributed by atoms with E-state index in [0.29, 0.717) is 12.3 Å². The molecule has 0 atom stereocenters. The Kier molecular flexibility index (Phi) is 4.51. The number of aromatic hydroxyl groups is 1. The van der Waals surface area contributed by atoms with Crippen molar-refractivity contribution in [1.29, 1.82) is 0 Å². The highest BCUT2D eigenvalue weighted by molar-refractivity contribution is 5.57. The van der Waals surface area contributed by atoms with E-state index in [4.69, 9.17) is 4.74 Å². The first-order chi connectivity index (χ1) is 9.56. The molecule has 0 unspecified atom stereocenters. The van der Waals surface area contributed by atoms with Crippen LogP contribution in [0.25, 0.3) is 0 Å². The average Bonchev–Trinajstić information content (AvgIpc) is 2.41. The number of hydrogen-bond acceptors (Lipinski definition) is 3. The number of benzene rings is 2. The van der Waals surface area contributed by atoms with Crippen LogP contribution in [-0.2, 0) is 6.54 Å². The fourth-order valence-corrected chi connectivity index (χ4v) is 2.02. The van der Waals surface area contributed by atoms with Gasteiger partial charge in [0.1, 0.15) is 11.5 Å². The van der Waals surface area contributed by atoms with Gasteiger partial charge in [0, 0.05) is 12.1 Å². The van der Waals surface area contributed by atoms with Crippen LogP contribution in [0.4, 0.5) is 5.69 Å². The molecule has 0 fully saturated rings. The van der Waals surface area contributed by atoms with Crippen molar-refractivity contribution in [3.05, 3.63) is 53.6 Å². The lowest BCUT2D eigenvalue weighted by Gasteiger charge is -2.16. The monoisotopic (exact) mass is 271 g/mol. The molecule has 0 heterocycles. The highest BCUT2D eigenvalue weighted by Crippen LogP contribution is 2.26. The molecule has 0 saturated carbocycles. The molecule has 2 N–H and O–H groups in total. The third-order valence-corrected chi connectivity index (χ3v) is 2.95. The zero-order chi connectivity index (χ0) is 14.5. The van der Waals surface area contributed by atoms with Crippen molar-refractivity contribution in [2.45, 2.75) is 33.4 Å². The SMILES string of the molecule is Cc1ccc(O)c(CNc2ccccc2OC(C)C)c1. The van der Waals surface area contributed by atoms with Crippen molar-refractivity contribution in [2.75, 3.05) is 5.32 Å². The van der Waals surface area contributed by atoms with Gasteiger partial charge in [0.2, 0.25) is 0 Å². The molecule has 0 amide bonds. The number of phenolic OH excluding ortho intramolecular Hbond substituents is 1. The predicted molar refractivity (Wildman–Crippen MR) is 82.4 cm³/mol. The van der Waals surface area contributed by atoms with Gasteiger partial charge in [-0.2, -0.15) is 0 Å². The van der Waals surface area contributed by atoms with Crippen molar-refractivity contribution in [3.63, 3.8) is 0 Å². The third kappa shape index (κ3) is 3.67. The maximum Gasteiger partial charge on any atom is 0.142 e. The van der Waals surface area contributed by atoms with Crippen molar-refractivity contribution < 1.29 is 9.84 Å². The summed E-state index contributed by atoms with van der Waals surface area (Å²) < 4.78 is 5.76. The number of aryl methyl sites for hydroxylation is 1. The van der Waals surface area contributed by atoms with E-state index in [-0.39, 0.29) is 6.10 Å². The summed E-state index contributed by atoms with van der Waals surface area (Å²) in [7, 11) is 0. The molecule has 20 heavy (non-hydrogen) atoms. The summed E-state index contributed by atoms with van der Waals surface area (Å²) in [5, 5.41) is 13.2. The molecule has 2 aromatic rings. The topological polar surface area (TPSA) is 41.5 Å². The third-order valence-electron chi connectivity index (χ3n) is 2.95. The lowest BCUT2D eigenvalue weighted by Crippen LogP contribution is -2.08. The molecule has 0 saturated heterocycles. The number of para-hydroxylation sites is 2. The summed E-state index contributed by atoms with van der Waals surface area (Å²) in [4.78, 5) is 0. The van der Waals surface area contributed by atoms with Gasteiger partial charge in [-0.1, -0.05) is 29.8 Å². The van der Waals surface area contributed by atoms with Crippen LogP contribution in [0.15, 0.2) is 42.5 Å². The van der Waals surface area contributed by atoms with Crippen molar-refractivity contribution in [3.8, 4) is 11.5 Å². The largest absolute Gasteiger partial charge is 0.508 e. The van der Waals surface area contributed by atoms with Crippen LogP contribution in [-0.4, -0.2) is 11.2 Å². The molecule has 3 heteroatoms. The van der Waals surface area contributed by atoms with Gasteiger partial charge in [-0.15, -0.1) is 0 Å². The molecule has 0 aliphatic carbocycles. The second kappa shape index (κ2) is 6.33. The molecule has 3 nitrogen and oxygen atoms in total. The van der Waals surface area contributed by atoms with E-state index in [1.54, 1.807) is 6.07 Å². The lowest BCUT2D eigenvalue weighted by atomic mass is 10.1. The highest BCUT2D eigenvalue weighted by Gasteiger charge is 2.06. The highest BCUT2D eigenvalue weighted by atomic mass is 16.5. The van der Waals surface area contributed by atoms with E-state index in [2.05, 4.69) is 5.32 Å². The lowest BCUT2D eigenvalue weighted by molar-refractivity contribution is 0.243. The van der Waals surface area contributed by atoms with Crippen molar-refractivity contribution in [2.24, 2.45) is 0 Å². The molecule has 106 valence electrons. The van der Waals surface area contributed by atoms with Gasteiger partial charge in [0.25, 0.3) is 0 Å². The van der Waals surface area contributed by atoms with E-state index >= 15 is 0 Å². The van der Waals surface area contributed by atoms with Crippen LogP contribution >= 0.6 is 0 Å². The molecule has 0 spiro atoms. The summed E-state index contributed by atoms with van der Waals surface area (Å²) in [6.45, 7) is 6.58. The molecule has 2 aromatic carbocycles. The number of phenols is 1. The first-order valence-electron chi connectivity index (χ1n) is 6.84. The molecule has 0 bridgehead atoms. The van der Waals surface area contributed by atoms with Crippen molar-refractivity contribution >= 4 is 5.69 Å². The Balaban J connectivity index is 2.12. The van der Waals surface area contributed by atoms with E-state index in [9.17, 15) is 5.11 Å². The Bertz CT molecular complexity index is 579.